The van der Waals surface area contributed by atoms with E-state index < -0.39 is 35.1 Å². The zero-order valence-electron chi connectivity index (χ0n) is 16.3. The summed E-state index contributed by atoms with van der Waals surface area (Å²) in [5, 5.41) is 13.1. The molecule has 10 heteroatoms. The molecule has 3 aromatic rings. The Morgan fingerprint density at radius 2 is 1.56 bits per heavy atom. The zero-order valence-corrected chi connectivity index (χ0v) is 16.3. The third-order valence-electron chi connectivity index (χ3n) is 4.37. The molecule has 7 nitrogen and oxygen atoms in total. The first-order valence-electron chi connectivity index (χ1n) is 9.13. The minimum Gasteiger partial charge on any atom is -0.452 e. The van der Waals surface area contributed by atoms with Gasteiger partial charge in [0.25, 0.3) is 11.6 Å². The van der Waals surface area contributed by atoms with Crippen LogP contribution >= 0.6 is 0 Å². The molecule has 0 aliphatic rings. The standard InChI is InChI=1S/C22H15F3N2O5/c23-22(24,25)15-7-5-14(6-8-15)18-3-1-2-4-19(18)21(29)32-13-20(28)26-16-9-11-17(12-10-16)27(30)31/h1-12H,13H2,(H,26,28). The Kier molecular flexibility index (Phi) is 6.53. The first-order chi connectivity index (χ1) is 15.1. The molecule has 0 saturated carbocycles. The van der Waals surface area contributed by atoms with Crippen molar-refractivity contribution in [3.63, 3.8) is 0 Å². The van der Waals surface area contributed by atoms with Crippen LogP contribution in [-0.2, 0) is 15.7 Å². The summed E-state index contributed by atoms with van der Waals surface area (Å²) in [4.78, 5) is 34.6. The van der Waals surface area contributed by atoms with Crippen molar-refractivity contribution in [1.29, 1.82) is 0 Å². The van der Waals surface area contributed by atoms with E-state index >= 15 is 0 Å². The molecular formula is C22H15F3N2O5. The molecule has 32 heavy (non-hydrogen) atoms. The van der Waals surface area contributed by atoms with Crippen molar-refractivity contribution < 1.29 is 32.4 Å². The van der Waals surface area contributed by atoms with Crippen LogP contribution < -0.4 is 5.32 Å². The number of nitrogens with zero attached hydrogens (tertiary/aromatic N) is 1. The van der Waals surface area contributed by atoms with Crippen LogP contribution in [0.2, 0.25) is 0 Å². The summed E-state index contributed by atoms with van der Waals surface area (Å²) in [5.74, 6) is -1.50. The molecule has 0 fully saturated rings. The Morgan fingerprint density at radius 1 is 0.938 bits per heavy atom. The average molecular weight is 444 g/mol. The number of rotatable bonds is 6. The highest BCUT2D eigenvalue weighted by Crippen LogP contribution is 2.32. The molecule has 0 aliphatic carbocycles. The van der Waals surface area contributed by atoms with Gasteiger partial charge in [-0.25, -0.2) is 4.79 Å². The van der Waals surface area contributed by atoms with Gasteiger partial charge < -0.3 is 10.1 Å². The van der Waals surface area contributed by atoms with Gasteiger partial charge in [-0.1, -0.05) is 30.3 Å². The second kappa shape index (κ2) is 9.29. The highest BCUT2D eigenvalue weighted by molar-refractivity contribution is 5.99. The van der Waals surface area contributed by atoms with Gasteiger partial charge in [0.15, 0.2) is 6.61 Å². The minimum absolute atomic E-state index is 0.0791. The Morgan fingerprint density at radius 3 is 2.16 bits per heavy atom. The molecule has 0 atom stereocenters. The van der Waals surface area contributed by atoms with E-state index in [1.54, 1.807) is 18.2 Å². The Labute approximate surface area is 179 Å². The maximum atomic E-state index is 12.8. The smallest absolute Gasteiger partial charge is 0.416 e. The van der Waals surface area contributed by atoms with Gasteiger partial charge in [0.1, 0.15) is 0 Å². The fourth-order valence-corrected chi connectivity index (χ4v) is 2.82. The fourth-order valence-electron chi connectivity index (χ4n) is 2.82. The number of nitro benzene ring substituents is 1. The summed E-state index contributed by atoms with van der Waals surface area (Å²) in [6, 6.07) is 15.6. The lowest BCUT2D eigenvalue weighted by Gasteiger charge is -2.11. The molecule has 0 spiro atoms. The molecule has 0 radical (unpaired) electrons. The normalized spacial score (nSPS) is 11.0. The SMILES string of the molecule is O=C(COC(=O)c1ccccc1-c1ccc(C(F)(F)F)cc1)Nc1ccc([N+](=O)[O-])cc1. The molecule has 0 heterocycles. The highest BCUT2D eigenvalue weighted by atomic mass is 19.4. The quantitative estimate of drug-likeness (QED) is 0.325. The number of carbonyl (C=O) groups excluding carboxylic acids is 2. The van der Waals surface area contributed by atoms with E-state index in [1.807, 2.05) is 0 Å². The van der Waals surface area contributed by atoms with E-state index in [0.29, 0.717) is 11.1 Å². The van der Waals surface area contributed by atoms with E-state index in [4.69, 9.17) is 4.74 Å². The van der Waals surface area contributed by atoms with Crippen LogP contribution in [0, 0.1) is 10.1 Å². The number of non-ortho nitro benzene ring substituents is 1. The molecule has 0 aromatic heterocycles. The van der Waals surface area contributed by atoms with Crippen molar-refractivity contribution in [2.75, 3.05) is 11.9 Å². The van der Waals surface area contributed by atoms with Gasteiger partial charge in [0.05, 0.1) is 16.1 Å². The molecule has 1 N–H and O–H groups in total. The number of anilines is 1. The van der Waals surface area contributed by atoms with Crippen LogP contribution in [0.5, 0.6) is 0 Å². The summed E-state index contributed by atoms with van der Waals surface area (Å²) in [7, 11) is 0. The molecule has 0 saturated heterocycles. The van der Waals surface area contributed by atoms with E-state index in [0.717, 1.165) is 12.1 Å². The lowest BCUT2D eigenvalue weighted by Crippen LogP contribution is -2.21. The molecule has 3 rings (SSSR count). The van der Waals surface area contributed by atoms with Gasteiger partial charge in [0, 0.05) is 17.8 Å². The second-order valence-electron chi connectivity index (χ2n) is 6.55. The zero-order chi connectivity index (χ0) is 23.3. The molecule has 164 valence electrons. The highest BCUT2D eigenvalue weighted by Gasteiger charge is 2.30. The van der Waals surface area contributed by atoms with E-state index in [9.17, 15) is 32.9 Å². The largest absolute Gasteiger partial charge is 0.452 e. The lowest BCUT2D eigenvalue weighted by molar-refractivity contribution is -0.384. The predicted octanol–water partition coefficient (Wildman–Crippen LogP) is 5.08. The van der Waals surface area contributed by atoms with Gasteiger partial charge in [-0.15, -0.1) is 0 Å². The maximum absolute atomic E-state index is 12.8. The molecule has 1 amide bonds. The second-order valence-corrected chi connectivity index (χ2v) is 6.55. The number of amides is 1. The molecular weight excluding hydrogens is 429 g/mol. The Balaban J connectivity index is 1.67. The van der Waals surface area contributed by atoms with Crippen molar-refractivity contribution >= 4 is 23.3 Å². The van der Waals surface area contributed by atoms with Crippen molar-refractivity contribution in [3.8, 4) is 11.1 Å². The number of nitro groups is 1. The number of carbonyl (C=O) groups is 2. The average Bonchev–Trinajstić information content (AvgIpc) is 2.77. The number of ether oxygens (including phenoxy) is 1. The van der Waals surface area contributed by atoms with Gasteiger partial charge >= 0.3 is 12.1 Å². The van der Waals surface area contributed by atoms with Crippen LogP contribution in [0.25, 0.3) is 11.1 Å². The molecule has 3 aromatic carbocycles. The third-order valence-corrected chi connectivity index (χ3v) is 4.37. The Hall–Kier alpha value is -4.21. The van der Waals surface area contributed by atoms with Crippen molar-refractivity contribution in [1.82, 2.24) is 0 Å². The molecule has 0 unspecified atom stereocenters. The number of esters is 1. The summed E-state index contributed by atoms with van der Waals surface area (Å²) < 4.78 is 43.4. The number of nitrogens with one attached hydrogen (secondary N) is 1. The first kappa shape index (κ1) is 22.5. The van der Waals surface area contributed by atoms with Crippen LogP contribution in [0.1, 0.15) is 15.9 Å². The number of alkyl halides is 3. The third kappa shape index (κ3) is 5.48. The van der Waals surface area contributed by atoms with Crippen LogP contribution in [0.15, 0.2) is 72.8 Å². The summed E-state index contributed by atoms with van der Waals surface area (Å²) in [6.07, 6.45) is -4.48. The monoisotopic (exact) mass is 444 g/mol. The predicted molar refractivity (Wildman–Crippen MR) is 109 cm³/mol. The maximum Gasteiger partial charge on any atom is 0.416 e. The number of hydrogen-bond acceptors (Lipinski definition) is 5. The van der Waals surface area contributed by atoms with Gasteiger partial charge in [-0.05, 0) is 41.5 Å². The van der Waals surface area contributed by atoms with E-state index in [-0.39, 0.29) is 16.9 Å². The number of benzene rings is 3. The van der Waals surface area contributed by atoms with Crippen molar-refractivity contribution in [2.45, 2.75) is 6.18 Å². The van der Waals surface area contributed by atoms with E-state index in [2.05, 4.69) is 5.32 Å². The first-order valence-corrected chi connectivity index (χ1v) is 9.13. The van der Waals surface area contributed by atoms with E-state index in [1.165, 1.54) is 42.5 Å². The van der Waals surface area contributed by atoms with Crippen LogP contribution in [0.3, 0.4) is 0 Å². The van der Waals surface area contributed by atoms with Gasteiger partial charge in [-0.3, -0.25) is 14.9 Å². The summed E-state index contributed by atoms with van der Waals surface area (Å²) in [6.45, 7) is -0.628. The molecule has 0 bridgehead atoms. The molecule has 0 aliphatic heterocycles. The van der Waals surface area contributed by atoms with Gasteiger partial charge in [-0.2, -0.15) is 13.2 Å². The number of halogens is 3. The lowest BCUT2D eigenvalue weighted by atomic mass is 9.98. The topological polar surface area (TPSA) is 98.5 Å². The van der Waals surface area contributed by atoms with Crippen LogP contribution in [-0.4, -0.2) is 23.4 Å². The van der Waals surface area contributed by atoms with Crippen LogP contribution in [0.4, 0.5) is 24.5 Å². The summed E-state index contributed by atoms with van der Waals surface area (Å²) >= 11 is 0. The number of hydrogen-bond donors (Lipinski definition) is 1. The minimum atomic E-state index is -4.48. The fraction of sp³-hybridized carbons (Fsp3) is 0.0909. The Bertz CT molecular complexity index is 1140. The summed E-state index contributed by atoms with van der Waals surface area (Å²) in [5.41, 5.74) is 0.124. The van der Waals surface area contributed by atoms with Crippen molar-refractivity contribution in [2.24, 2.45) is 0 Å². The van der Waals surface area contributed by atoms with Gasteiger partial charge in [0.2, 0.25) is 0 Å². The van der Waals surface area contributed by atoms with Crippen molar-refractivity contribution in [3.05, 3.63) is 94.0 Å².